The topological polar surface area (TPSA) is 36.0 Å². The van der Waals surface area contributed by atoms with E-state index in [0.717, 1.165) is 0 Å². The highest BCUT2D eigenvalue weighted by molar-refractivity contribution is 7.90. The fourth-order valence-corrected chi connectivity index (χ4v) is 0.953. The molecule has 1 aromatic rings. The van der Waals surface area contributed by atoms with Gasteiger partial charge in [-0.3, -0.25) is 4.98 Å². The minimum atomic E-state index is -0.925. The predicted octanol–water partition coefficient (Wildman–Crippen LogP) is 0.619. The smallest absolute Gasteiger partial charge is 0.163 e. The minimum absolute atomic E-state index is 0.699. The third kappa shape index (κ3) is 1.69. The Hall–Kier alpha value is -0.540. The van der Waals surface area contributed by atoms with Gasteiger partial charge in [-0.25, -0.2) is 0 Å². The van der Waals surface area contributed by atoms with Crippen LogP contribution >= 0.6 is 0 Å². The third-order valence-electron chi connectivity index (χ3n) is 0.903. The average molecular weight is 140 g/mol. The first kappa shape index (κ1) is 6.58. The summed E-state index contributed by atoms with van der Waals surface area (Å²) in [6.45, 7) is 0. The van der Waals surface area contributed by atoms with Crippen LogP contribution in [-0.4, -0.2) is 15.8 Å². The number of pyridine rings is 1. The first-order chi connectivity index (χ1) is 4.30. The van der Waals surface area contributed by atoms with Crippen LogP contribution < -0.4 is 0 Å². The summed E-state index contributed by atoms with van der Waals surface area (Å²) < 4.78 is 10.7. The van der Waals surface area contributed by atoms with Crippen molar-refractivity contribution in [3.05, 3.63) is 24.5 Å². The van der Waals surface area contributed by atoms with Gasteiger partial charge in [0.15, 0.2) is 4.90 Å². The van der Waals surface area contributed by atoms with E-state index in [1.165, 1.54) is 6.20 Å². The Labute approximate surface area is 57.1 Å². The zero-order valence-electron chi connectivity index (χ0n) is 5.00. The Bertz CT molecular complexity index is 176. The third-order valence-corrected chi connectivity index (χ3v) is 1.78. The fourth-order valence-electron chi connectivity index (χ4n) is 0.482. The average Bonchev–Trinajstić information content (AvgIpc) is 1.90. The number of hydrogen-bond acceptors (Lipinski definition) is 2. The van der Waals surface area contributed by atoms with Crippen molar-refractivity contribution in [3.8, 4) is 0 Å². The second kappa shape index (κ2) is 2.85. The summed E-state index contributed by atoms with van der Waals surface area (Å²) in [4.78, 5) is 4.44. The summed E-state index contributed by atoms with van der Waals surface area (Å²) >= 11 is -0.925. The van der Waals surface area contributed by atoms with Gasteiger partial charge in [-0.2, -0.15) is 0 Å². The van der Waals surface area contributed by atoms with Crippen molar-refractivity contribution in [1.29, 1.82) is 0 Å². The zero-order chi connectivity index (χ0) is 6.69. The van der Waals surface area contributed by atoms with E-state index in [9.17, 15) is 4.55 Å². The van der Waals surface area contributed by atoms with Gasteiger partial charge >= 0.3 is 0 Å². The lowest BCUT2D eigenvalue weighted by Crippen LogP contribution is -1.96. The van der Waals surface area contributed by atoms with Crippen LogP contribution in [-0.2, 0) is 11.2 Å². The number of rotatable bonds is 1. The molecule has 0 amide bonds. The van der Waals surface area contributed by atoms with Gasteiger partial charge in [0.2, 0.25) is 0 Å². The fraction of sp³-hybridized carbons (Fsp3) is 0.167. The van der Waals surface area contributed by atoms with Crippen molar-refractivity contribution in [3.63, 3.8) is 0 Å². The molecule has 1 aromatic heterocycles. The standard InChI is InChI=1S/C6H6NOS/c1-9(8)6-2-4-7-5-3-6/h2,4-5H,1H3. The molecular weight excluding hydrogens is 134 g/mol. The van der Waals surface area contributed by atoms with E-state index in [4.69, 9.17) is 0 Å². The minimum Gasteiger partial charge on any atom is -0.612 e. The molecule has 47 valence electrons. The molecule has 2 nitrogen and oxygen atoms in total. The number of hydrogen-bond donors (Lipinski definition) is 0. The molecule has 0 aliphatic heterocycles. The van der Waals surface area contributed by atoms with E-state index in [1.54, 1.807) is 18.5 Å². The molecule has 0 bridgehead atoms. The molecule has 0 fully saturated rings. The van der Waals surface area contributed by atoms with Gasteiger partial charge in [0.05, 0.1) is 6.07 Å². The molecular formula is C6H6NOS. The van der Waals surface area contributed by atoms with Crippen LogP contribution in [0.4, 0.5) is 0 Å². The predicted molar refractivity (Wildman–Crippen MR) is 35.4 cm³/mol. The second-order valence-corrected chi connectivity index (χ2v) is 2.90. The molecule has 0 aliphatic rings. The van der Waals surface area contributed by atoms with E-state index in [2.05, 4.69) is 11.1 Å². The van der Waals surface area contributed by atoms with Gasteiger partial charge in [0.25, 0.3) is 0 Å². The van der Waals surface area contributed by atoms with Gasteiger partial charge < -0.3 is 4.55 Å². The highest BCUT2D eigenvalue weighted by Crippen LogP contribution is 2.03. The lowest BCUT2D eigenvalue weighted by atomic mass is 10.5. The molecule has 0 aliphatic carbocycles. The maximum atomic E-state index is 10.7. The summed E-state index contributed by atoms with van der Waals surface area (Å²) in [6, 6.07) is 4.45. The lowest BCUT2D eigenvalue weighted by Gasteiger charge is -2.00. The highest BCUT2D eigenvalue weighted by atomic mass is 32.2. The van der Waals surface area contributed by atoms with Crippen molar-refractivity contribution < 1.29 is 4.55 Å². The van der Waals surface area contributed by atoms with E-state index in [-0.39, 0.29) is 0 Å². The molecule has 0 spiro atoms. The molecule has 0 N–H and O–H groups in total. The first-order valence-corrected chi connectivity index (χ1v) is 4.01. The molecule has 1 radical (unpaired) electrons. The lowest BCUT2D eigenvalue weighted by molar-refractivity contribution is 0.600. The molecule has 0 saturated heterocycles. The SMILES string of the molecule is C[S+]([O-])c1[c]cncc1. The van der Waals surface area contributed by atoms with Gasteiger partial charge in [0.1, 0.15) is 6.26 Å². The summed E-state index contributed by atoms with van der Waals surface area (Å²) in [7, 11) is 0. The van der Waals surface area contributed by atoms with Crippen LogP contribution in [0.5, 0.6) is 0 Å². The molecule has 0 aromatic carbocycles. The Morgan fingerprint density at radius 1 is 1.78 bits per heavy atom. The normalized spacial score (nSPS) is 13.1. The van der Waals surface area contributed by atoms with Crippen LogP contribution in [0.25, 0.3) is 0 Å². The van der Waals surface area contributed by atoms with Crippen LogP contribution in [0.3, 0.4) is 0 Å². The monoisotopic (exact) mass is 140 g/mol. The Morgan fingerprint density at radius 2 is 2.56 bits per heavy atom. The van der Waals surface area contributed by atoms with E-state index >= 15 is 0 Å². The molecule has 1 heterocycles. The Balaban J connectivity index is 2.85. The van der Waals surface area contributed by atoms with Gasteiger partial charge in [-0.1, -0.05) is 0 Å². The van der Waals surface area contributed by atoms with Crippen LogP contribution in [0.2, 0.25) is 0 Å². The van der Waals surface area contributed by atoms with E-state index in [0.29, 0.717) is 4.90 Å². The molecule has 0 saturated carbocycles. The molecule has 1 unspecified atom stereocenters. The Kier molecular flexibility index (Phi) is 2.08. The summed E-state index contributed by atoms with van der Waals surface area (Å²) in [6.07, 6.45) is 4.73. The van der Waals surface area contributed by atoms with E-state index in [1.807, 2.05) is 0 Å². The van der Waals surface area contributed by atoms with Gasteiger partial charge in [-0.05, 0) is 11.2 Å². The Morgan fingerprint density at radius 3 is 2.89 bits per heavy atom. The van der Waals surface area contributed by atoms with Crippen molar-refractivity contribution in [2.24, 2.45) is 0 Å². The maximum absolute atomic E-state index is 10.7. The largest absolute Gasteiger partial charge is 0.612 e. The van der Waals surface area contributed by atoms with Crippen molar-refractivity contribution >= 4 is 11.2 Å². The van der Waals surface area contributed by atoms with Crippen LogP contribution in [0.15, 0.2) is 23.4 Å². The summed E-state index contributed by atoms with van der Waals surface area (Å²) in [5, 5.41) is 0. The highest BCUT2D eigenvalue weighted by Gasteiger charge is 1.99. The van der Waals surface area contributed by atoms with Crippen LogP contribution in [0, 0.1) is 6.07 Å². The van der Waals surface area contributed by atoms with Crippen molar-refractivity contribution in [1.82, 2.24) is 4.98 Å². The van der Waals surface area contributed by atoms with Gasteiger partial charge in [0, 0.05) is 18.5 Å². The molecule has 1 atom stereocenters. The van der Waals surface area contributed by atoms with Gasteiger partial charge in [-0.15, -0.1) is 0 Å². The first-order valence-electron chi connectivity index (χ1n) is 2.46. The quantitative estimate of drug-likeness (QED) is 0.536. The molecule has 3 heteroatoms. The summed E-state index contributed by atoms with van der Waals surface area (Å²) in [5.74, 6) is 0. The number of nitrogens with zero attached hydrogens (tertiary/aromatic N) is 1. The maximum Gasteiger partial charge on any atom is 0.163 e. The van der Waals surface area contributed by atoms with E-state index < -0.39 is 11.2 Å². The number of aromatic nitrogens is 1. The summed E-state index contributed by atoms with van der Waals surface area (Å²) in [5.41, 5.74) is 0. The molecule has 9 heavy (non-hydrogen) atoms. The zero-order valence-corrected chi connectivity index (χ0v) is 5.81. The van der Waals surface area contributed by atoms with Crippen LogP contribution in [0.1, 0.15) is 0 Å². The van der Waals surface area contributed by atoms with Crippen molar-refractivity contribution in [2.45, 2.75) is 4.90 Å². The second-order valence-electron chi connectivity index (χ2n) is 1.56. The van der Waals surface area contributed by atoms with Crippen molar-refractivity contribution in [2.75, 3.05) is 6.26 Å². The molecule has 1 rings (SSSR count).